The molecule has 0 saturated carbocycles. The Bertz CT molecular complexity index is 767. The van der Waals surface area contributed by atoms with Crippen LogP contribution in [0.15, 0.2) is 12.1 Å². The molecule has 130 valence electrons. The molecule has 2 N–H and O–H groups in total. The monoisotopic (exact) mass is 327 g/mol. The number of hydrogen-bond acceptors (Lipinski definition) is 2. The number of nitrogens with one attached hydrogen (secondary N) is 2. The van der Waals surface area contributed by atoms with Crippen molar-refractivity contribution >= 4 is 16.8 Å². The molecular formula is C20H29N3O. The fraction of sp³-hybridized carbons (Fsp3) is 0.550. The van der Waals surface area contributed by atoms with Gasteiger partial charge in [0.15, 0.2) is 0 Å². The van der Waals surface area contributed by atoms with E-state index in [-0.39, 0.29) is 11.4 Å². The third-order valence-electron chi connectivity index (χ3n) is 5.12. The standard InChI is InChI=1S/C20H29N3O/c1-13-8-9-14(2)17-16(13)15(3)18(21-17)19(24)22-20(4,5)12-23-10-6-7-11-23/h8-9,21H,6-7,10-12H2,1-5H3,(H,22,24). The van der Waals surface area contributed by atoms with Crippen molar-refractivity contribution in [1.82, 2.24) is 15.2 Å². The third-order valence-corrected chi connectivity index (χ3v) is 5.12. The van der Waals surface area contributed by atoms with Crippen LogP contribution in [-0.2, 0) is 0 Å². The van der Waals surface area contributed by atoms with Crippen molar-refractivity contribution in [3.63, 3.8) is 0 Å². The zero-order valence-corrected chi connectivity index (χ0v) is 15.5. The number of fused-ring (bicyclic) bond motifs is 1. The maximum absolute atomic E-state index is 12.9. The van der Waals surface area contributed by atoms with E-state index < -0.39 is 0 Å². The molecule has 1 aliphatic heterocycles. The lowest BCUT2D eigenvalue weighted by atomic mass is 10.0. The number of carbonyl (C=O) groups excluding carboxylic acids is 1. The number of likely N-dealkylation sites (tertiary alicyclic amines) is 1. The van der Waals surface area contributed by atoms with Gasteiger partial charge in [-0.3, -0.25) is 4.79 Å². The van der Waals surface area contributed by atoms with Gasteiger partial charge in [0, 0.05) is 23.0 Å². The molecule has 0 unspecified atom stereocenters. The number of aromatic nitrogens is 1. The molecular weight excluding hydrogens is 298 g/mol. The zero-order valence-electron chi connectivity index (χ0n) is 15.5. The fourth-order valence-electron chi connectivity index (χ4n) is 3.94. The van der Waals surface area contributed by atoms with Gasteiger partial charge in [-0.05, 0) is 77.2 Å². The van der Waals surface area contributed by atoms with Crippen LogP contribution in [0.2, 0.25) is 0 Å². The molecule has 4 nitrogen and oxygen atoms in total. The van der Waals surface area contributed by atoms with Gasteiger partial charge in [-0.15, -0.1) is 0 Å². The van der Waals surface area contributed by atoms with E-state index in [0.29, 0.717) is 5.69 Å². The van der Waals surface area contributed by atoms with Crippen LogP contribution in [0.25, 0.3) is 10.9 Å². The fourth-order valence-corrected chi connectivity index (χ4v) is 3.94. The highest BCUT2D eigenvalue weighted by molar-refractivity contribution is 6.02. The van der Waals surface area contributed by atoms with E-state index in [1.807, 2.05) is 6.92 Å². The molecule has 1 amide bonds. The highest BCUT2D eigenvalue weighted by Gasteiger charge is 2.27. The van der Waals surface area contributed by atoms with Crippen LogP contribution in [-0.4, -0.2) is 41.0 Å². The quantitative estimate of drug-likeness (QED) is 0.899. The largest absolute Gasteiger partial charge is 0.350 e. The topological polar surface area (TPSA) is 48.1 Å². The number of hydrogen-bond donors (Lipinski definition) is 2. The van der Waals surface area contributed by atoms with Crippen molar-refractivity contribution in [2.45, 2.75) is 53.0 Å². The summed E-state index contributed by atoms with van der Waals surface area (Å²) in [5, 5.41) is 4.41. The van der Waals surface area contributed by atoms with Crippen molar-refractivity contribution in [1.29, 1.82) is 0 Å². The van der Waals surface area contributed by atoms with Gasteiger partial charge >= 0.3 is 0 Å². The van der Waals surface area contributed by atoms with Gasteiger partial charge in [-0.1, -0.05) is 12.1 Å². The smallest absolute Gasteiger partial charge is 0.268 e. The first-order chi connectivity index (χ1) is 11.3. The van der Waals surface area contributed by atoms with Gasteiger partial charge in [0.25, 0.3) is 5.91 Å². The van der Waals surface area contributed by atoms with Crippen molar-refractivity contribution in [2.24, 2.45) is 0 Å². The summed E-state index contributed by atoms with van der Waals surface area (Å²) >= 11 is 0. The van der Waals surface area contributed by atoms with Crippen LogP contribution in [0.3, 0.4) is 0 Å². The molecule has 1 fully saturated rings. The van der Waals surface area contributed by atoms with E-state index in [1.165, 1.54) is 29.4 Å². The minimum absolute atomic E-state index is 0.00769. The van der Waals surface area contributed by atoms with Gasteiger partial charge in [-0.25, -0.2) is 0 Å². The second-order valence-electron chi connectivity index (χ2n) is 7.90. The third kappa shape index (κ3) is 3.20. The summed E-state index contributed by atoms with van der Waals surface area (Å²) in [6.45, 7) is 13.6. The Kier molecular flexibility index (Phi) is 4.43. The normalized spacial score (nSPS) is 16.0. The molecule has 2 aromatic rings. The van der Waals surface area contributed by atoms with Gasteiger partial charge in [0.05, 0.1) is 0 Å². The number of nitrogens with zero attached hydrogens (tertiary/aromatic N) is 1. The number of aryl methyl sites for hydroxylation is 3. The Morgan fingerprint density at radius 2 is 1.79 bits per heavy atom. The van der Waals surface area contributed by atoms with Crippen molar-refractivity contribution in [3.05, 3.63) is 34.5 Å². The lowest BCUT2D eigenvalue weighted by molar-refractivity contribution is 0.0889. The van der Waals surface area contributed by atoms with E-state index in [9.17, 15) is 4.79 Å². The van der Waals surface area contributed by atoms with Gasteiger partial charge in [0.2, 0.25) is 0 Å². The van der Waals surface area contributed by atoms with Gasteiger partial charge in [0.1, 0.15) is 5.69 Å². The summed E-state index contributed by atoms with van der Waals surface area (Å²) in [4.78, 5) is 18.7. The molecule has 1 aliphatic rings. The number of benzene rings is 1. The number of H-pyrrole nitrogens is 1. The van der Waals surface area contributed by atoms with E-state index in [4.69, 9.17) is 0 Å². The van der Waals surface area contributed by atoms with Crippen LogP contribution in [0.4, 0.5) is 0 Å². The molecule has 4 heteroatoms. The summed E-state index contributed by atoms with van der Waals surface area (Å²) in [6.07, 6.45) is 2.54. The average Bonchev–Trinajstić information content (AvgIpc) is 3.10. The minimum Gasteiger partial charge on any atom is -0.350 e. The summed E-state index contributed by atoms with van der Waals surface area (Å²) in [5.41, 5.74) is 4.95. The molecule has 2 heterocycles. The van der Waals surface area contributed by atoms with Crippen LogP contribution < -0.4 is 5.32 Å². The predicted octanol–water partition coefficient (Wildman–Crippen LogP) is 3.70. The second-order valence-corrected chi connectivity index (χ2v) is 7.90. The summed E-state index contributed by atoms with van der Waals surface area (Å²) < 4.78 is 0. The first kappa shape index (κ1) is 17.0. The maximum Gasteiger partial charge on any atom is 0.268 e. The first-order valence-electron chi connectivity index (χ1n) is 8.92. The molecule has 0 spiro atoms. The lowest BCUT2D eigenvalue weighted by Crippen LogP contribution is -2.51. The van der Waals surface area contributed by atoms with Crippen molar-refractivity contribution < 1.29 is 4.79 Å². The summed E-state index contributed by atoms with van der Waals surface area (Å²) in [5.74, 6) is -0.00769. The molecule has 0 atom stereocenters. The Morgan fingerprint density at radius 1 is 1.17 bits per heavy atom. The predicted molar refractivity (Wildman–Crippen MR) is 99.7 cm³/mol. The zero-order chi connectivity index (χ0) is 17.5. The van der Waals surface area contributed by atoms with E-state index in [1.54, 1.807) is 0 Å². The van der Waals surface area contributed by atoms with Crippen LogP contribution >= 0.6 is 0 Å². The number of rotatable bonds is 4. The highest BCUT2D eigenvalue weighted by atomic mass is 16.2. The van der Waals surface area contributed by atoms with E-state index >= 15 is 0 Å². The molecule has 1 aromatic carbocycles. The highest BCUT2D eigenvalue weighted by Crippen LogP contribution is 2.28. The first-order valence-corrected chi connectivity index (χ1v) is 8.92. The summed E-state index contributed by atoms with van der Waals surface area (Å²) in [7, 11) is 0. The molecule has 3 rings (SSSR count). The van der Waals surface area contributed by atoms with E-state index in [2.05, 4.69) is 55.0 Å². The molecule has 0 bridgehead atoms. The van der Waals surface area contributed by atoms with Gasteiger partial charge < -0.3 is 15.2 Å². The number of aromatic amines is 1. The Morgan fingerprint density at radius 3 is 2.42 bits per heavy atom. The average molecular weight is 327 g/mol. The van der Waals surface area contributed by atoms with Crippen LogP contribution in [0, 0.1) is 20.8 Å². The Labute approximate surface area is 144 Å². The molecule has 1 aromatic heterocycles. The number of amides is 1. The van der Waals surface area contributed by atoms with Crippen LogP contribution in [0.1, 0.15) is 53.9 Å². The molecule has 1 saturated heterocycles. The molecule has 0 aliphatic carbocycles. The van der Waals surface area contributed by atoms with Crippen LogP contribution in [0.5, 0.6) is 0 Å². The van der Waals surface area contributed by atoms with E-state index in [0.717, 1.165) is 30.7 Å². The Hall–Kier alpha value is -1.81. The second kappa shape index (κ2) is 6.25. The van der Waals surface area contributed by atoms with Crippen molar-refractivity contribution in [3.8, 4) is 0 Å². The molecule has 24 heavy (non-hydrogen) atoms. The Balaban J connectivity index is 1.84. The van der Waals surface area contributed by atoms with Crippen molar-refractivity contribution in [2.75, 3.05) is 19.6 Å². The maximum atomic E-state index is 12.9. The minimum atomic E-state index is -0.241. The molecule has 0 radical (unpaired) electrons. The SMILES string of the molecule is Cc1ccc(C)c2c(C)c(C(=O)NC(C)(C)CN3CCCC3)[nH]c12. The number of carbonyl (C=O) groups is 1. The lowest BCUT2D eigenvalue weighted by Gasteiger charge is -2.31. The summed E-state index contributed by atoms with van der Waals surface area (Å²) in [6, 6.07) is 4.23. The van der Waals surface area contributed by atoms with Gasteiger partial charge in [-0.2, -0.15) is 0 Å².